The summed E-state index contributed by atoms with van der Waals surface area (Å²) in [6, 6.07) is 6.87. The van der Waals surface area contributed by atoms with Crippen LogP contribution in [-0.4, -0.2) is 50.8 Å². The Bertz CT molecular complexity index is 975. The Labute approximate surface area is 187 Å². The molecule has 1 aliphatic heterocycles. The van der Waals surface area contributed by atoms with Gasteiger partial charge in [0.25, 0.3) is 5.91 Å². The van der Waals surface area contributed by atoms with Crippen molar-refractivity contribution in [2.75, 3.05) is 18.4 Å². The van der Waals surface area contributed by atoms with Crippen molar-refractivity contribution < 1.29 is 14.7 Å². The normalized spacial score (nSPS) is 15.1. The third-order valence-electron chi connectivity index (χ3n) is 5.18. The molecule has 0 atom stereocenters. The number of nitrogens with one attached hydrogen (secondary N) is 1. The molecule has 7 nitrogen and oxygen atoms in total. The molecule has 0 aliphatic carbocycles. The maximum absolute atomic E-state index is 12.7. The first-order valence-electron chi connectivity index (χ1n) is 10.5. The highest BCUT2D eigenvalue weighted by atomic mass is 35.5. The van der Waals surface area contributed by atoms with Gasteiger partial charge >= 0.3 is 0 Å². The third kappa shape index (κ3) is 5.95. The van der Waals surface area contributed by atoms with Crippen LogP contribution in [0.15, 0.2) is 30.3 Å². The number of hydrogen-bond acceptors (Lipinski definition) is 4. The molecule has 0 radical (unpaired) electrons. The summed E-state index contributed by atoms with van der Waals surface area (Å²) in [5.74, 6) is -0.0156. The summed E-state index contributed by atoms with van der Waals surface area (Å²) < 4.78 is 1.74. The molecular weight excluding hydrogens is 416 g/mol. The summed E-state index contributed by atoms with van der Waals surface area (Å²) in [6.07, 6.45) is 3.91. The predicted octanol–water partition coefficient (Wildman–Crippen LogP) is 3.75. The molecule has 166 valence electrons. The number of likely N-dealkylation sites (tertiary alicyclic amines) is 1. The molecule has 2 heterocycles. The number of halogens is 1. The number of aromatic nitrogens is 2. The maximum Gasteiger partial charge on any atom is 0.253 e. The second-order valence-electron chi connectivity index (χ2n) is 8.29. The van der Waals surface area contributed by atoms with Crippen LogP contribution in [0.2, 0.25) is 5.15 Å². The van der Waals surface area contributed by atoms with Crippen molar-refractivity contribution in [1.82, 2.24) is 14.7 Å². The first-order chi connectivity index (χ1) is 14.7. The molecule has 3 rings (SSSR count). The van der Waals surface area contributed by atoms with Crippen LogP contribution in [0.5, 0.6) is 0 Å². The van der Waals surface area contributed by atoms with Crippen LogP contribution in [0.4, 0.5) is 5.69 Å². The number of rotatable bonds is 6. The average Bonchev–Trinajstić information content (AvgIpc) is 2.98. The molecule has 8 heteroatoms. The van der Waals surface area contributed by atoms with E-state index in [1.807, 2.05) is 6.92 Å². The molecule has 1 aromatic carbocycles. The van der Waals surface area contributed by atoms with E-state index in [1.165, 1.54) is 6.08 Å². The first-order valence-corrected chi connectivity index (χ1v) is 10.9. The minimum Gasteiger partial charge on any atom is -0.393 e. The minimum absolute atomic E-state index is 0.0986. The highest BCUT2D eigenvalue weighted by molar-refractivity contribution is 6.31. The van der Waals surface area contributed by atoms with E-state index in [-0.39, 0.29) is 17.9 Å². The highest BCUT2D eigenvalue weighted by Crippen LogP contribution is 2.22. The lowest BCUT2D eigenvalue weighted by Gasteiger charge is -2.29. The third-order valence-corrected chi connectivity index (χ3v) is 5.58. The van der Waals surface area contributed by atoms with E-state index in [0.717, 1.165) is 5.69 Å². The van der Waals surface area contributed by atoms with Crippen molar-refractivity contribution in [3.8, 4) is 0 Å². The fourth-order valence-corrected chi connectivity index (χ4v) is 3.85. The Balaban J connectivity index is 1.65. The zero-order valence-electron chi connectivity index (χ0n) is 18.1. The maximum atomic E-state index is 12.7. The van der Waals surface area contributed by atoms with Crippen LogP contribution in [-0.2, 0) is 11.3 Å². The molecule has 1 aliphatic rings. The second-order valence-corrected chi connectivity index (χ2v) is 8.65. The number of aliphatic hydroxyl groups excluding tert-OH is 1. The van der Waals surface area contributed by atoms with Gasteiger partial charge < -0.3 is 15.3 Å². The summed E-state index contributed by atoms with van der Waals surface area (Å²) in [5.41, 5.74) is 2.52. The molecular formula is C23H29ClN4O3. The van der Waals surface area contributed by atoms with Crippen molar-refractivity contribution in [2.24, 2.45) is 5.92 Å². The molecule has 1 saturated heterocycles. The van der Waals surface area contributed by atoms with E-state index >= 15 is 0 Å². The summed E-state index contributed by atoms with van der Waals surface area (Å²) in [4.78, 5) is 26.9. The Morgan fingerprint density at radius 3 is 2.71 bits per heavy atom. The van der Waals surface area contributed by atoms with Gasteiger partial charge in [0.15, 0.2) is 0 Å². The van der Waals surface area contributed by atoms with Crippen LogP contribution in [0.25, 0.3) is 6.08 Å². The van der Waals surface area contributed by atoms with Gasteiger partial charge in [-0.1, -0.05) is 31.5 Å². The zero-order chi connectivity index (χ0) is 22.5. The van der Waals surface area contributed by atoms with Crippen LogP contribution in [0.3, 0.4) is 0 Å². The topological polar surface area (TPSA) is 87.5 Å². The van der Waals surface area contributed by atoms with E-state index in [1.54, 1.807) is 39.9 Å². The van der Waals surface area contributed by atoms with Gasteiger partial charge in [-0.05, 0) is 50.0 Å². The van der Waals surface area contributed by atoms with Gasteiger partial charge in [0, 0.05) is 42.5 Å². The molecule has 0 spiro atoms. The lowest BCUT2D eigenvalue weighted by Crippen LogP contribution is -2.40. The largest absolute Gasteiger partial charge is 0.393 e. The predicted molar refractivity (Wildman–Crippen MR) is 122 cm³/mol. The number of aryl methyl sites for hydroxylation is 1. The van der Waals surface area contributed by atoms with Gasteiger partial charge in [-0.15, -0.1) is 0 Å². The van der Waals surface area contributed by atoms with Gasteiger partial charge in [0.2, 0.25) is 5.91 Å². The first kappa shape index (κ1) is 23.0. The van der Waals surface area contributed by atoms with E-state index in [0.29, 0.717) is 60.4 Å². The molecule has 1 fully saturated rings. The summed E-state index contributed by atoms with van der Waals surface area (Å²) in [7, 11) is 0. The van der Waals surface area contributed by atoms with Crippen LogP contribution < -0.4 is 5.32 Å². The monoisotopic (exact) mass is 444 g/mol. The SMILES string of the molecule is Cc1nn(CC(C)C)c(Cl)c1C=CC(=O)Nc1cccc(C(=O)N2CCC(O)CC2)c1. The second kappa shape index (κ2) is 10.1. The Kier molecular flexibility index (Phi) is 7.51. The summed E-state index contributed by atoms with van der Waals surface area (Å²) in [5, 5.41) is 17.4. The number of amides is 2. The highest BCUT2D eigenvalue weighted by Gasteiger charge is 2.22. The molecule has 1 aromatic heterocycles. The van der Waals surface area contributed by atoms with E-state index < -0.39 is 0 Å². The van der Waals surface area contributed by atoms with Crippen molar-refractivity contribution in [3.63, 3.8) is 0 Å². The number of carbonyl (C=O) groups is 2. The van der Waals surface area contributed by atoms with E-state index in [4.69, 9.17) is 11.6 Å². The molecule has 2 amide bonds. The van der Waals surface area contributed by atoms with Gasteiger partial charge in [-0.25, -0.2) is 0 Å². The van der Waals surface area contributed by atoms with E-state index in [2.05, 4.69) is 24.3 Å². The average molecular weight is 445 g/mol. The van der Waals surface area contributed by atoms with Gasteiger partial charge in [0.1, 0.15) is 5.15 Å². The summed E-state index contributed by atoms with van der Waals surface area (Å²) >= 11 is 6.42. The quantitative estimate of drug-likeness (QED) is 0.664. The van der Waals surface area contributed by atoms with Crippen LogP contribution in [0, 0.1) is 12.8 Å². The van der Waals surface area contributed by atoms with Crippen molar-refractivity contribution in [2.45, 2.75) is 46.3 Å². The molecule has 31 heavy (non-hydrogen) atoms. The number of benzene rings is 1. The van der Waals surface area contributed by atoms with Crippen molar-refractivity contribution in [1.29, 1.82) is 0 Å². The Hall–Kier alpha value is -2.64. The molecule has 0 unspecified atom stereocenters. The number of hydrogen-bond donors (Lipinski definition) is 2. The fourth-order valence-electron chi connectivity index (χ4n) is 3.55. The number of carbonyl (C=O) groups excluding carboxylic acids is 2. The van der Waals surface area contributed by atoms with Crippen LogP contribution in [0.1, 0.15) is 48.3 Å². The van der Waals surface area contributed by atoms with Crippen molar-refractivity contribution in [3.05, 3.63) is 52.3 Å². The van der Waals surface area contributed by atoms with E-state index in [9.17, 15) is 14.7 Å². The number of nitrogens with zero attached hydrogens (tertiary/aromatic N) is 3. The van der Waals surface area contributed by atoms with Gasteiger partial charge in [-0.2, -0.15) is 5.10 Å². The molecule has 2 aromatic rings. The lowest BCUT2D eigenvalue weighted by molar-refractivity contribution is -0.111. The standard InChI is InChI=1S/C23H29ClN4O3/c1-15(2)14-28-22(24)20(16(3)26-28)7-8-21(30)25-18-6-4-5-17(13-18)23(31)27-11-9-19(29)10-12-27/h4-8,13,15,19,29H,9-12,14H2,1-3H3,(H,25,30). The molecule has 0 bridgehead atoms. The van der Waals surface area contributed by atoms with Gasteiger partial charge in [0.05, 0.1) is 11.8 Å². The molecule has 2 N–H and O–H groups in total. The summed E-state index contributed by atoms with van der Waals surface area (Å²) in [6.45, 7) is 7.80. The van der Waals surface area contributed by atoms with Crippen LogP contribution >= 0.6 is 11.6 Å². The number of piperidine rings is 1. The number of anilines is 1. The van der Waals surface area contributed by atoms with Crippen molar-refractivity contribution >= 4 is 35.2 Å². The number of aliphatic hydroxyl groups is 1. The fraction of sp³-hybridized carbons (Fsp3) is 0.435. The minimum atomic E-state index is -0.337. The molecule has 0 saturated carbocycles. The lowest BCUT2D eigenvalue weighted by atomic mass is 10.1. The Morgan fingerprint density at radius 2 is 2.03 bits per heavy atom. The zero-order valence-corrected chi connectivity index (χ0v) is 18.9. The van der Waals surface area contributed by atoms with Gasteiger partial charge in [-0.3, -0.25) is 14.3 Å². The Morgan fingerprint density at radius 1 is 1.32 bits per heavy atom. The smallest absolute Gasteiger partial charge is 0.253 e.